The maximum atomic E-state index is 12.2. The minimum Gasteiger partial charge on any atom is -0.326 e. The number of hydrogen-bond donors (Lipinski definition) is 3. The molecule has 2 heterocycles. The monoisotopic (exact) mass is 351 g/mol. The molecule has 0 radical (unpaired) electrons. The van der Waals surface area contributed by atoms with Gasteiger partial charge in [0.05, 0.1) is 0 Å². The van der Waals surface area contributed by atoms with Gasteiger partial charge in [-0.15, -0.1) is 12.4 Å². The summed E-state index contributed by atoms with van der Waals surface area (Å²) in [6.07, 6.45) is 5.80. The molecule has 5 nitrogen and oxygen atoms in total. The molecule has 3 rings (SSSR count). The van der Waals surface area contributed by atoms with Gasteiger partial charge in [-0.3, -0.25) is 9.59 Å². The second kappa shape index (κ2) is 8.49. The molecule has 3 N–H and O–H groups in total. The van der Waals surface area contributed by atoms with Crippen molar-refractivity contribution in [3.63, 3.8) is 0 Å². The molecule has 0 aliphatic carbocycles. The summed E-state index contributed by atoms with van der Waals surface area (Å²) in [6, 6.07) is 8.52. The van der Waals surface area contributed by atoms with Crippen molar-refractivity contribution in [2.75, 3.05) is 10.6 Å². The average Bonchev–Trinajstić information content (AvgIpc) is 2.88. The number of carbonyl (C=O) groups is 2. The Morgan fingerprint density at radius 3 is 2.00 bits per heavy atom. The van der Waals surface area contributed by atoms with Gasteiger partial charge in [0.15, 0.2) is 0 Å². The van der Waals surface area contributed by atoms with E-state index in [0.29, 0.717) is 30.8 Å². The summed E-state index contributed by atoms with van der Waals surface area (Å²) < 4.78 is 0. The molecule has 6 heteroatoms. The third-order valence-corrected chi connectivity index (χ3v) is 4.82. The van der Waals surface area contributed by atoms with Crippen molar-refractivity contribution >= 4 is 35.6 Å². The number of anilines is 2. The van der Waals surface area contributed by atoms with Crippen LogP contribution in [0.1, 0.15) is 45.4 Å². The number of carbonyl (C=O) groups excluding carboxylic acids is 2. The highest BCUT2D eigenvalue weighted by Gasteiger charge is 2.34. The average molecular weight is 352 g/mol. The van der Waals surface area contributed by atoms with Gasteiger partial charge in [0.25, 0.3) is 0 Å². The van der Waals surface area contributed by atoms with E-state index in [1.165, 1.54) is 12.8 Å². The minimum absolute atomic E-state index is 0. The molecule has 0 saturated carbocycles. The fourth-order valence-electron chi connectivity index (χ4n) is 3.70. The Labute approximate surface area is 149 Å². The van der Waals surface area contributed by atoms with Gasteiger partial charge in [0, 0.05) is 36.3 Å². The van der Waals surface area contributed by atoms with E-state index < -0.39 is 0 Å². The Morgan fingerprint density at radius 1 is 1.00 bits per heavy atom. The zero-order valence-corrected chi connectivity index (χ0v) is 14.8. The smallest absolute Gasteiger partial charge is 0.224 e. The summed E-state index contributed by atoms with van der Waals surface area (Å²) in [4.78, 5) is 23.6. The van der Waals surface area contributed by atoms with Crippen LogP contribution in [0, 0.1) is 5.92 Å². The van der Waals surface area contributed by atoms with E-state index in [1.54, 1.807) is 0 Å². The number of halogens is 1. The van der Waals surface area contributed by atoms with E-state index in [4.69, 9.17) is 0 Å². The lowest BCUT2D eigenvalue weighted by atomic mass is 9.89. The predicted octanol–water partition coefficient (Wildman–Crippen LogP) is 3.32. The fourth-order valence-corrected chi connectivity index (χ4v) is 3.70. The van der Waals surface area contributed by atoms with Crippen LogP contribution in [0.5, 0.6) is 0 Å². The molecule has 24 heavy (non-hydrogen) atoms. The number of piperidine rings is 1. The third-order valence-electron chi connectivity index (χ3n) is 4.82. The van der Waals surface area contributed by atoms with E-state index in [2.05, 4.69) is 16.0 Å². The number of fused-ring (bicyclic) bond motifs is 2. The number of benzene rings is 1. The van der Waals surface area contributed by atoms with Crippen molar-refractivity contribution in [3.8, 4) is 0 Å². The summed E-state index contributed by atoms with van der Waals surface area (Å²) in [7, 11) is 0. The Kier molecular flexibility index (Phi) is 6.63. The zero-order chi connectivity index (χ0) is 16.2. The molecule has 2 bridgehead atoms. The SMILES string of the molecule is CCC(=O)Nc1ccc(NC(=O)CC2CC3CCC(C2)N3)cc1.Cl. The van der Waals surface area contributed by atoms with Crippen LogP contribution in [0.3, 0.4) is 0 Å². The third kappa shape index (κ3) is 4.95. The molecule has 2 atom stereocenters. The minimum atomic E-state index is -0.0117. The van der Waals surface area contributed by atoms with E-state index >= 15 is 0 Å². The van der Waals surface area contributed by atoms with E-state index in [9.17, 15) is 9.59 Å². The molecule has 132 valence electrons. The van der Waals surface area contributed by atoms with Crippen molar-refractivity contribution in [2.45, 2.75) is 57.5 Å². The molecular formula is C18H26ClN3O2. The lowest BCUT2D eigenvalue weighted by molar-refractivity contribution is -0.117. The lowest BCUT2D eigenvalue weighted by Crippen LogP contribution is -2.39. The lowest BCUT2D eigenvalue weighted by Gasteiger charge is -2.28. The first-order valence-corrected chi connectivity index (χ1v) is 8.58. The molecular weight excluding hydrogens is 326 g/mol. The highest BCUT2D eigenvalue weighted by molar-refractivity contribution is 5.92. The van der Waals surface area contributed by atoms with E-state index in [-0.39, 0.29) is 24.2 Å². The molecule has 2 saturated heterocycles. The van der Waals surface area contributed by atoms with Crippen LogP contribution in [0.4, 0.5) is 11.4 Å². The molecule has 0 aromatic heterocycles. The van der Waals surface area contributed by atoms with Gasteiger partial charge in [-0.2, -0.15) is 0 Å². The zero-order valence-electron chi connectivity index (χ0n) is 14.0. The number of amides is 2. The Bertz CT molecular complexity index is 564. The van der Waals surface area contributed by atoms with Crippen LogP contribution in [-0.4, -0.2) is 23.9 Å². The normalized spacial score (nSPS) is 24.8. The largest absolute Gasteiger partial charge is 0.326 e. The van der Waals surface area contributed by atoms with Crippen LogP contribution in [-0.2, 0) is 9.59 Å². The predicted molar refractivity (Wildman–Crippen MR) is 98.5 cm³/mol. The molecule has 2 fully saturated rings. The molecule has 1 aromatic rings. The van der Waals surface area contributed by atoms with Crippen LogP contribution in [0.25, 0.3) is 0 Å². The highest BCUT2D eigenvalue weighted by atomic mass is 35.5. The van der Waals surface area contributed by atoms with Gasteiger partial charge in [-0.1, -0.05) is 6.92 Å². The van der Waals surface area contributed by atoms with Crippen LogP contribution >= 0.6 is 12.4 Å². The van der Waals surface area contributed by atoms with Crippen LogP contribution in [0.2, 0.25) is 0 Å². The molecule has 2 aliphatic rings. The summed E-state index contributed by atoms with van der Waals surface area (Å²) in [5, 5.41) is 9.36. The highest BCUT2D eigenvalue weighted by Crippen LogP contribution is 2.32. The standard InChI is InChI=1S/C18H25N3O2.ClH/c1-2-17(22)20-13-3-5-14(6-4-13)21-18(23)11-12-9-15-7-8-16(10-12)19-15;/h3-6,12,15-16,19H,2,7-11H2,1H3,(H,20,22)(H,21,23);1H. The molecule has 0 spiro atoms. The first-order chi connectivity index (χ1) is 11.1. The molecule has 2 aliphatic heterocycles. The summed E-state index contributed by atoms with van der Waals surface area (Å²) >= 11 is 0. The first kappa shape index (κ1) is 18.7. The quantitative estimate of drug-likeness (QED) is 0.762. The van der Waals surface area contributed by atoms with E-state index in [1.807, 2.05) is 31.2 Å². The van der Waals surface area contributed by atoms with Crippen molar-refractivity contribution in [1.29, 1.82) is 0 Å². The van der Waals surface area contributed by atoms with Gasteiger partial charge in [0.1, 0.15) is 0 Å². The fraction of sp³-hybridized carbons (Fsp3) is 0.556. The summed E-state index contributed by atoms with van der Waals surface area (Å²) in [5.74, 6) is 0.570. The van der Waals surface area contributed by atoms with Crippen LogP contribution in [0.15, 0.2) is 24.3 Å². The maximum Gasteiger partial charge on any atom is 0.224 e. The Balaban J connectivity index is 0.00000208. The number of hydrogen-bond acceptors (Lipinski definition) is 3. The van der Waals surface area contributed by atoms with Gasteiger partial charge < -0.3 is 16.0 Å². The van der Waals surface area contributed by atoms with Gasteiger partial charge >= 0.3 is 0 Å². The second-order valence-corrected chi connectivity index (χ2v) is 6.71. The van der Waals surface area contributed by atoms with Gasteiger partial charge in [-0.05, 0) is 55.9 Å². The van der Waals surface area contributed by atoms with Gasteiger partial charge in [0.2, 0.25) is 11.8 Å². The van der Waals surface area contributed by atoms with Gasteiger partial charge in [-0.25, -0.2) is 0 Å². The van der Waals surface area contributed by atoms with Crippen LogP contribution < -0.4 is 16.0 Å². The summed E-state index contributed by atoms with van der Waals surface area (Å²) in [6.45, 7) is 1.82. The van der Waals surface area contributed by atoms with Crippen molar-refractivity contribution in [1.82, 2.24) is 5.32 Å². The summed E-state index contributed by atoms with van der Waals surface area (Å²) in [5.41, 5.74) is 1.53. The molecule has 2 unspecified atom stereocenters. The maximum absolute atomic E-state index is 12.2. The number of rotatable bonds is 5. The van der Waals surface area contributed by atoms with Crippen molar-refractivity contribution in [2.24, 2.45) is 5.92 Å². The molecule has 1 aromatic carbocycles. The first-order valence-electron chi connectivity index (χ1n) is 8.58. The Morgan fingerprint density at radius 2 is 1.50 bits per heavy atom. The topological polar surface area (TPSA) is 70.2 Å². The van der Waals surface area contributed by atoms with Crippen molar-refractivity contribution in [3.05, 3.63) is 24.3 Å². The molecule has 2 amide bonds. The van der Waals surface area contributed by atoms with E-state index in [0.717, 1.165) is 24.2 Å². The Hall–Kier alpha value is -1.59. The number of nitrogens with one attached hydrogen (secondary N) is 3. The van der Waals surface area contributed by atoms with Crippen molar-refractivity contribution < 1.29 is 9.59 Å². The second-order valence-electron chi connectivity index (χ2n) is 6.71.